The van der Waals surface area contributed by atoms with Crippen LogP contribution in [0.4, 0.5) is 37.8 Å². The van der Waals surface area contributed by atoms with E-state index < -0.39 is 23.6 Å². The van der Waals surface area contributed by atoms with Gasteiger partial charge in [0.1, 0.15) is 5.69 Å². The minimum absolute atomic E-state index is 0.144. The molecule has 0 aliphatic heterocycles. The number of aromatic nitrogens is 3. The average molecular weight is 434 g/mol. The van der Waals surface area contributed by atoms with E-state index in [9.17, 15) is 26.3 Å². The van der Waals surface area contributed by atoms with Crippen LogP contribution in [0.5, 0.6) is 0 Å². The summed E-state index contributed by atoms with van der Waals surface area (Å²) >= 11 is 0. The third kappa shape index (κ3) is 4.42. The maximum Gasteiger partial charge on any atom is 0.433 e. The SMILES string of the molecule is FC(F)(F)c1ccc(Nc2nncc3cc(-c4cccc(C(F)(F)F)n4)ccc23)cc1. The summed E-state index contributed by atoms with van der Waals surface area (Å²) in [6.45, 7) is 0. The molecule has 0 aliphatic carbocycles. The maximum absolute atomic E-state index is 12.9. The van der Waals surface area contributed by atoms with Crippen molar-refractivity contribution in [3.05, 3.63) is 78.1 Å². The first kappa shape index (κ1) is 20.6. The summed E-state index contributed by atoms with van der Waals surface area (Å²) in [7, 11) is 0. The molecule has 4 nitrogen and oxygen atoms in total. The van der Waals surface area contributed by atoms with Crippen LogP contribution >= 0.6 is 0 Å². The monoisotopic (exact) mass is 434 g/mol. The van der Waals surface area contributed by atoms with Crippen molar-refractivity contribution in [2.45, 2.75) is 12.4 Å². The zero-order valence-corrected chi connectivity index (χ0v) is 15.5. The quantitative estimate of drug-likeness (QED) is 0.376. The summed E-state index contributed by atoms with van der Waals surface area (Å²) in [5, 5.41) is 11.9. The largest absolute Gasteiger partial charge is 0.433 e. The van der Waals surface area contributed by atoms with Gasteiger partial charge in [0.15, 0.2) is 5.82 Å². The number of pyridine rings is 1. The van der Waals surface area contributed by atoms with E-state index in [1.165, 1.54) is 30.5 Å². The van der Waals surface area contributed by atoms with Crippen LogP contribution in [0.15, 0.2) is 66.9 Å². The van der Waals surface area contributed by atoms with Gasteiger partial charge in [0.2, 0.25) is 0 Å². The summed E-state index contributed by atoms with van der Waals surface area (Å²) < 4.78 is 76.9. The molecule has 2 aromatic carbocycles. The molecule has 0 unspecified atom stereocenters. The van der Waals surface area contributed by atoms with E-state index in [0.717, 1.165) is 18.2 Å². The number of fused-ring (bicyclic) bond motifs is 1. The van der Waals surface area contributed by atoms with Gasteiger partial charge in [-0.05, 0) is 48.5 Å². The number of hydrogen-bond acceptors (Lipinski definition) is 4. The fourth-order valence-electron chi connectivity index (χ4n) is 2.97. The smallest absolute Gasteiger partial charge is 0.338 e. The zero-order valence-electron chi connectivity index (χ0n) is 15.5. The van der Waals surface area contributed by atoms with Crippen LogP contribution in [0, 0.1) is 0 Å². The average Bonchev–Trinajstić information content (AvgIpc) is 2.73. The highest BCUT2D eigenvalue weighted by atomic mass is 19.4. The van der Waals surface area contributed by atoms with E-state index in [0.29, 0.717) is 27.8 Å². The van der Waals surface area contributed by atoms with Crippen LogP contribution in [-0.4, -0.2) is 15.2 Å². The molecule has 0 radical (unpaired) electrons. The fraction of sp³-hybridized carbons (Fsp3) is 0.0952. The maximum atomic E-state index is 12.9. The predicted molar refractivity (Wildman–Crippen MR) is 102 cm³/mol. The minimum Gasteiger partial charge on any atom is -0.338 e. The van der Waals surface area contributed by atoms with Gasteiger partial charge in [-0.25, -0.2) is 4.98 Å². The van der Waals surface area contributed by atoms with Crippen LogP contribution in [0.25, 0.3) is 22.0 Å². The molecule has 0 fully saturated rings. The second kappa shape index (κ2) is 7.53. The molecule has 0 spiro atoms. The first-order valence-electron chi connectivity index (χ1n) is 8.86. The molecule has 0 atom stereocenters. The Morgan fingerprint density at radius 2 is 1.52 bits per heavy atom. The molecule has 1 N–H and O–H groups in total. The van der Waals surface area contributed by atoms with E-state index in [4.69, 9.17) is 0 Å². The summed E-state index contributed by atoms with van der Waals surface area (Å²) in [5.41, 5.74) is -0.806. The Bertz CT molecular complexity index is 1230. The fourth-order valence-corrected chi connectivity index (χ4v) is 2.97. The van der Waals surface area contributed by atoms with Gasteiger partial charge in [-0.3, -0.25) is 0 Å². The van der Waals surface area contributed by atoms with Crippen LogP contribution in [0.3, 0.4) is 0 Å². The van der Waals surface area contributed by atoms with Crippen molar-refractivity contribution in [1.29, 1.82) is 0 Å². The molecule has 0 saturated heterocycles. The lowest BCUT2D eigenvalue weighted by molar-refractivity contribution is -0.141. The van der Waals surface area contributed by atoms with E-state index in [1.54, 1.807) is 18.2 Å². The Labute approximate surface area is 171 Å². The van der Waals surface area contributed by atoms with Gasteiger partial charge in [0, 0.05) is 22.0 Å². The molecule has 2 heterocycles. The lowest BCUT2D eigenvalue weighted by Crippen LogP contribution is -2.08. The Kier molecular flexibility index (Phi) is 5.00. The number of halogens is 6. The van der Waals surface area contributed by atoms with Crippen molar-refractivity contribution in [1.82, 2.24) is 15.2 Å². The molecule has 158 valence electrons. The lowest BCUT2D eigenvalue weighted by atomic mass is 10.1. The first-order chi connectivity index (χ1) is 14.6. The van der Waals surface area contributed by atoms with Crippen molar-refractivity contribution in [3.63, 3.8) is 0 Å². The first-order valence-corrected chi connectivity index (χ1v) is 8.86. The van der Waals surface area contributed by atoms with Crippen LogP contribution in [0.1, 0.15) is 11.3 Å². The third-order valence-corrected chi connectivity index (χ3v) is 4.47. The van der Waals surface area contributed by atoms with E-state index in [1.807, 2.05) is 0 Å². The highest BCUT2D eigenvalue weighted by Crippen LogP contribution is 2.33. The highest BCUT2D eigenvalue weighted by Gasteiger charge is 2.32. The van der Waals surface area contributed by atoms with Gasteiger partial charge in [0.25, 0.3) is 0 Å². The normalized spacial score (nSPS) is 12.2. The number of anilines is 2. The summed E-state index contributed by atoms with van der Waals surface area (Å²) in [6, 6.07) is 12.9. The Morgan fingerprint density at radius 3 is 2.19 bits per heavy atom. The summed E-state index contributed by atoms with van der Waals surface area (Å²) in [4.78, 5) is 3.67. The zero-order chi connectivity index (χ0) is 22.2. The molecule has 0 aliphatic rings. The molecule has 10 heteroatoms. The molecule has 4 aromatic rings. The molecule has 0 amide bonds. The lowest BCUT2D eigenvalue weighted by Gasteiger charge is -2.11. The molecule has 0 bridgehead atoms. The van der Waals surface area contributed by atoms with Crippen LogP contribution in [-0.2, 0) is 12.4 Å². The highest BCUT2D eigenvalue weighted by molar-refractivity contribution is 5.94. The molecular weight excluding hydrogens is 422 g/mol. The van der Waals surface area contributed by atoms with Gasteiger partial charge >= 0.3 is 12.4 Å². The third-order valence-electron chi connectivity index (χ3n) is 4.47. The Morgan fingerprint density at radius 1 is 0.774 bits per heavy atom. The van der Waals surface area contributed by atoms with Gasteiger partial charge in [-0.1, -0.05) is 12.1 Å². The van der Waals surface area contributed by atoms with E-state index >= 15 is 0 Å². The predicted octanol–water partition coefficient (Wildman–Crippen LogP) is 6.47. The number of rotatable bonds is 3. The van der Waals surface area contributed by atoms with Gasteiger partial charge in [-0.2, -0.15) is 31.4 Å². The van der Waals surface area contributed by atoms with E-state index in [-0.39, 0.29) is 5.69 Å². The molecule has 2 aromatic heterocycles. The number of alkyl halides is 6. The number of nitrogens with zero attached hydrogens (tertiary/aromatic N) is 3. The Balaban J connectivity index is 1.66. The topological polar surface area (TPSA) is 50.7 Å². The van der Waals surface area contributed by atoms with Crippen molar-refractivity contribution < 1.29 is 26.3 Å². The minimum atomic E-state index is -4.56. The summed E-state index contributed by atoms with van der Waals surface area (Å²) in [6.07, 6.45) is -7.56. The molecular formula is C21H12F6N4. The van der Waals surface area contributed by atoms with Gasteiger partial charge in [0.05, 0.1) is 17.5 Å². The van der Waals surface area contributed by atoms with Crippen LogP contribution in [0.2, 0.25) is 0 Å². The number of nitrogens with one attached hydrogen (secondary N) is 1. The number of benzene rings is 2. The second-order valence-corrected chi connectivity index (χ2v) is 6.60. The van der Waals surface area contributed by atoms with Crippen molar-refractivity contribution >= 4 is 22.3 Å². The standard InChI is InChI=1S/C21H12F6N4/c22-20(23,24)14-5-7-15(8-6-14)29-19-16-9-4-12(10-13(16)11-28-31-19)17-2-1-3-18(30-17)21(25,26)27/h1-11H,(H,29,31). The van der Waals surface area contributed by atoms with Crippen molar-refractivity contribution in [2.24, 2.45) is 0 Å². The number of hydrogen-bond donors (Lipinski definition) is 1. The van der Waals surface area contributed by atoms with Gasteiger partial charge in [-0.15, -0.1) is 5.10 Å². The second-order valence-electron chi connectivity index (χ2n) is 6.60. The molecule has 0 saturated carbocycles. The Hall–Kier alpha value is -3.69. The van der Waals surface area contributed by atoms with E-state index in [2.05, 4.69) is 20.5 Å². The molecule has 4 rings (SSSR count). The van der Waals surface area contributed by atoms with Crippen molar-refractivity contribution in [3.8, 4) is 11.3 Å². The van der Waals surface area contributed by atoms with Gasteiger partial charge < -0.3 is 5.32 Å². The molecule has 31 heavy (non-hydrogen) atoms. The summed E-state index contributed by atoms with van der Waals surface area (Å²) in [5.74, 6) is 0.292. The van der Waals surface area contributed by atoms with Crippen molar-refractivity contribution in [2.75, 3.05) is 5.32 Å². The van der Waals surface area contributed by atoms with Crippen LogP contribution < -0.4 is 5.32 Å².